The lowest BCUT2D eigenvalue weighted by Crippen LogP contribution is -2.49. The van der Waals surface area contributed by atoms with Crippen molar-refractivity contribution >= 4 is 18.3 Å². The molecule has 30 heavy (non-hydrogen) atoms. The van der Waals surface area contributed by atoms with E-state index in [-0.39, 0.29) is 29.3 Å². The first-order valence-corrected chi connectivity index (χ1v) is 10.7. The molecule has 3 aliphatic rings. The van der Waals surface area contributed by atoms with E-state index >= 15 is 0 Å². The Bertz CT molecular complexity index is 963. The maximum atomic E-state index is 12.9. The molecule has 1 atom stereocenters. The summed E-state index contributed by atoms with van der Waals surface area (Å²) in [5.74, 6) is 1.00. The topological polar surface area (TPSA) is 91.0 Å². The van der Waals surface area contributed by atoms with E-state index in [0.717, 1.165) is 81.5 Å². The number of hydrogen-bond donors (Lipinski definition) is 2. The van der Waals surface area contributed by atoms with Crippen molar-refractivity contribution in [3.63, 3.8) is 0 Å². The molecule has 0 saturated carbocycles. The molecule has 1 aliphatic carbocycles. The third kappa shape index (κ3) is 3.65. The molecule has 5 rings (SSSR count). The molecule has 2 aliphatic heterocycles. The Labute approximate surface area is 182 Å². The molecule has 4 heterocycles. The molecule has 0 unspecified atom stereocenters. The summed E-state index contributed by atoms with van der Waals surface area (Å²) in [6, 6.07) is 3.77. The van der Waals surface area contributed by atoms with Gasteiger partial charge in [-0.05, 0) is 57.2 Å². The van der Waals surface area contributed by atoms with Crippen LogP contribution in [0.25, 0.3) is 11.4 Å². The van der Waals surface area contributed by atoms with Crippen LogP contribution in [-0.4, -0.2) is 51.9 Å². The van der Waals surface area contributed by atoms with Crippen molar-refractivity contribution in [2.24, 2.45) is 5.92 Å². The zero-order valence-corrected chi connectivity index (χ0v) is 17.8. The number of H-pyrrole nitrogens is 1. The predicted octanol–water partition coefficient (Wildman–Crippen LogP) is 2.06. The van der Waals surface area contributed by atoms with E-state index in [2.05, 4.69) is 15.3 Å². The number of halogens is 1. The molecule has 0 bridgehead atoms. The first kappa shape index (κ1) is 21.0. The fraction of sp³-hybridized carbons (Fsp3) is 0.545. The summed E-state index contributed by atoms with van der Waals surface area (Å²) in [6.07, 6.45) is 8.99. The number of rotatable bonds is 2. The number of likely N-dealkylation sites (tertiary alicyclic amines) is 1. The number of fused-ring (bicyclic) bond motifs is 2. The van der Waals surface area contributed by atoms with Crippen LogP contribution < -0.4 is 10.9 Å². The van der Waals surface area contributed by atoms with Gasteiger partial charge in [-0.15, -0.1) is 12.4 Å². The number of carbonyl (C=O) groups excluding carboxylic acids is 1. The van der Waals surface area contributed by atoms with Crippen molar-refractivity contribution in [2.75, 3.05) is 26.2 Å². The largest absolute Gasteiger partial charge is 0.342 e. The Morgan fingerprint density at radius 2 is 2.07 bits per heavy atom. The second kappa shape index (κ2) is 8.47. The lowest BCUT2D eigenvalue weighted by Gasteiger charge is -2.41. The predicted molar refractivity (Wildman–Crippen MR) is 117 cm³/mol. The van der Waals surface area contributed by atoms with Gasteiger partial charge in [0.25, 0.3) is 5.56 Å². The molecule has 2 fully saturated rings. The van der Waals surface area contributed by atoms with Crippen molar-refractivity contribution in [3.05, 3.63) is 46.1 Å². The molecular formula is C22H28ClN5O2. The molecule has 2 aromatic heterocycles. The lowest BCUT2D eigenvalue weighted by atomic mass is 9.76. The van der Waals surface area contributed by atoms with Crippen molar-refractivity contribution in [1.82, 2.24) is 25.2 Å². The van der Waals surface area contributed by atoms with Crippen LogP contribution >= 0.6 is 12.4 Å². The summed E-state index contributed by atoms with van der Waals surface area (Å²) in [6.45, 7) is 3.33. The number of amides is 1. The zero-order valence-electron chi connectivity index (χ0n) is 17.0. The highest BCUT2D eigenvalue weighted by Gasteiger charge is 2.45. The lowest BCUT2D eigenvalue weighted by molar-refractivity contribution is -0.137. The number of piperidine rings is 2. The van der Waals surface area contributed by atoms with Crippen molar-refractivity contribution in [3.8, 4) is 11.4 Å². The Morgan fingerprint density at radius 3 is 2.77 bits per heavy atom. The first-order valence-electron chi connectivity index (χ1n) is 10.7. The second-order valence-electron chi connectivity index (χ2n) is 8.63. The highest BCUT2D eigenvalue weighted by molar-refractivity contribution is 5.85. The standard InChI is InChI=1S/C22H27N5O2.ClH/c28-20-17-5-6-22(18(17)25-19(26-20)15-3-1-9-23-13-15)7-11-27(12-8-22)21(29)16-4-2-10-24-14-16;/h1,3,9,13,16,24H,2,4-8,10-12,14H2,(H,25,26,28);1H/t16-;/m1./s1. The summed E-state index contributed by atoms with van der Waals surface area (Å²) < 4.78 is 0. The van der Waals surface area contributed by atoms with Crippen molar-refractivity contribution < 1.29 is 4.79 Å². The van der Waals surface area contributed by atoms with E-state index in [1.165, 1.54) is 0 Å². The minimum Gasteiger partial charge on any atom is -0.342 e. The zero-order chi connectivity index (χ0) is 19.8. The monoisotopic (exact) mass is 429 g/mol. The molecule has 2 aromatic rings. The van der Waals surface area contributed by atoms with Crippen molar-refractivity contribution in [1.29, 1.82) is 0 Å². The number of nitrogens with one attached hydrogen (secondary N) is 2. The van der Waals surface area contributed by atoms with Crippen LogP contribution in [0.5, 0.6) is 0 Å². The number of aromatic nitrogens is 3. The van der Waals surface area contributed by atoms with E-state index in [1.807, 2.05) is 17.0 Å². The summed E-state index contributed by atoms with van der Waals surface area (Å²) in [5.41, 5.74) is 2.49. The minimum absolute atomic E-state index is 0. The van der Waals surface area contributed by atoms with E-state index in [0.29, 0.717) is 11.7 Å². The Hall–Kier alpha value is -2.25. The molecule has 1 amide bonds. The van der Waals surface area contributed by atoms with Crippen LogP contribution in [0.2, 0.25) is 0 Å². The van der Waals surface area contributed by atoms with Gasteiger partial charge in [0.1, 0.15) is 5.82 Å². The number of hydrogen-bond acceptors (Lipinski definition) is 5. The highest BCUT2D eigenvalue weighted by atomic mass is 35.5. The van der Waals surface area contributed by atoms with Crippen molar-refractivity contribution in [2.45, 2.75) is 43.9 Å². The Kier molecular flexibility index (Phi) is 5.93. The molecule has 7 nitrogen and oxygen atoms in total. The average Bonchev–Trinajstić information content (AvgIpc) is 3.13. The van der Waals surface area contributed by atoms with Gasteiger partial charge in [0.2, 0.25) is 5.91 Å². The summed E-state index contributed by atoms with van der Waals surface area (Å²) in [4.78, 5) is 39.7. The summed E-state index contributed by atoms with van der Waals surface area (Å²) in [7, 11) is 0. The van der Waals surface area contributed by atoms with Gasteiger partial charge >= 0.3 is 0 Å². The van der Waals surface area contributed by atoms with Gasteiger partial charge < -0.3 is 15.2 Å². The number of pyridine rings is 1. The Morgan fingerprint density at radius 1 is 1.23 bits per heavy atom. The Balaban J connectivity index is 0.00000218. The van der Waals surface area contributed by atoms with E-state index in [4.69, 9.17) is 4.98 Å². The quantitative estimate of drug-likeness (QED) is 0.762. The number of nitrogens with zero attached hydrogens (tertiary/aromatic N) is 3. The summed E-state index contributed by atoms with van der Waals surface area (Å²) in [5, 5.41) is 3.34. The van der Waals surface area contributed by atoms with Gasteiger partial charge in [0.15, 0.2) is 0 Å². The van der Waals surface area contributed by atoms with Crippen LogP contribution in [0, 0.1) is 5.92 Å². The van der Waals surface area contributed by atoms with E-state index in [1.54, 1.807) is 12.4 Å². The molecule has 8 heteroatoms. The molecule has 1 spiro atoms. The van der Waals surface area contributed by atoms with Gasteiger partial charge in [-0.1, -0.05) is 0 Å². The van der Waals surface area contributed by atoms with Crippen LogP contribution in [0.3, 0.4) is 0 Å². The van der Waals surface area contributed by atoms with E-state index < -0.39 is 0 Å². The van der Waals surface area contributed by atoms with Gasteiger partial charge in [-0.25, -0.2) is 4.98 Å². The summed E-state index contributed by atoms with van der Waals surface area (Å²) >= 11 is 0. The second-order valence-corrected chi connectivity index (χ2v) is 8.63. The SMILES string of the molecule is Cl.O=C([C@@H]1CCCNC1)N1CCC2(CCc3c2nc(-c2cccnc2)[nH]c3=O)CC1. The van der Waals surface area contributed by atoms with Gasteiger partial charge in [-0.3, -0.25) is 14.6 Å². The third-order valence-corrected chi connectivity index (χ3v) is 6.98. The molecule has 0 aromatic carbocycles. The molecule has 0 radical (unpaired) electrons. The number of aromatic amines is 1. The average molecular weight is 430 g/mol. The normalized spacial score (nSPS) is 22.4. The third-order valence-electron chi connectivity index (χ3n) is 6.98. The first-order chi connectivity index (χ1) is 14.2. The highest BCUT2D eigenvalue weighted by Crippen LogP contribution is 2.44. The smallest absolute Gasteiger partial charge is 0.254 e. The van der Waals surface area contributed by atoms with Gasteiger partial charge in [0, 0.05) is 48.6 Å². The minimum atomic E-state index is -0.0812. The van der Waals surface area contributed by atoms with Crippen LogP contribution in [-0.2, 0) is 16.6 Å². The maximum Gasteiger partial charge on any atom is 0.254 e. The van der Waals surface area contributed by atoms with Crippen LogP contribution in [0.4, 0.5) is 0 Å². The van der Waals surface area contributed by atoms with Gasteiger partial charge in [0.05, 0.1) is 11.6 Å². The fourth-order valence-electron chi connectivity index (χ4n) is 5.25. The molecule has 2 N–H and O–H groups in total. The van der Waals surface area contributed by atoms with Crippen LogP contribution in [0.15, 0.2) is 29.3 Å². The maximum absolute atomic E-state index is 12.9. The fourth-order valence-corrected chi connectivity index (χ4v) is 5.25. The number of carbonyl (C=O) groups is 1. The molecule has 160 valence electrons. The van der Waals surface area contributed by atoms with E-state index in [9.17, 15) is 9.59 Å². The molecule has 2 saturated heterocycles. The van der Waals surface area contributed by atoms with Crippen LogP contribution in [0.1, 0.15) is 43.4 Å². The molecular weight excluding hydrogens is 402 g/mol. The van der Waals surface area contributed by atoms with Gasteiger partial charge in [-0.2, -0.15) is 0 Å².